The summed E-state index contributed by atoms with van der Waals surface area (Å²) in [6, 6.07) is 3.61. The Morgan fingerprint density at radius 1 is 1.48 bits per heavy atom. The van der Waals surface area contributed by atoms with Crippen LogP contribution < -0.4 is 10.6 Å². The third-order valence-corrected chi connectivity index (χ3v) is 4.09. The number of nitrogens with zero attached hydrogens (tertiary/aromatic N) is 1. The lowest BCUT2D eigenvalue weighted by atomic mass is 10.1. The summed E-state index contributed by atoms with van der Waals surface area (Å²) < 4.78 is 0.660. The molecule has 2 rings (SSSR count). The number of carbonyl (C=O) groups is 2. The largest absolute Gasteiger partial charge is 0.382 e. The Bertz CT molecular complexity index is 559. The highest BCUT2D eigenvalue weighted by Gasteiger charge is 2.29. The first-order valence-corrected chi connectivity index (χ1v) is 7.82. The monoisotopic (exact) mass is 329 g/mol. The van der Waals surface area contributed by atoms with Gasteiger partial charge in [-0.15, -0.1) is 11.3 Å². The van der Waals surface area contributed by atoms with Gasteiger partial charge in [0.05, 0.1) is 15.8 Å². The second-order valence-corrected chi connectivity index (χ2v) is 6.22. The van der Waals surface area contributed by atoms with Crippen molar-refractivity contribution in [2.24, 2.45) is 5.16 Å². The Hall–Kier alpha value is -1.60. The van der Waals surface area contributed by atoms with Crippen molar-refractivity contribution in [3.8, 4) is 0 Å². The topological polar surface area (TPSA) is 79.8 Å². The number of amides is 2. The molecule has 0 fully saturated rings. The summed E-state index contributed by atoms with van der Waals surface area (Å²) in [6.45, 7) is 2.50. The lowest BCUT2D eigenvalue weighted by Crippen LogP contribution is -2.41. The zero-order valence-corrected chi connectivity index (χ0v) is 13.1. The van der Waals surface area contributed by atoms with E-state index in [1.165, 1.54) is 11.3 Å². The van der Waals surface area contributed by atoms with Gasteiger partial charge in [-0.3, -0.25) is 9.59 Å². The molecule has 0 saturated heterocycles. The number of hydrogen-bond donors (Lipinski definition) is 2. The third kappa shape index (κ3) is 4.44. The molecule has 0 radical (unpaired) electrons. The summed E-state index contributed by atoms with van der Waals surface area (Å²) in [6.07, 6.45) is 0.533. The third-order valence-electron chi connectivity index (χ3n) is 2.81. The lowest BCUT2D eigenvalue weighted by molar-refractivity contribution is -0.133. The molecule has 2 amide bonds. The van der Waals surface area contributed by atoms with Crippen LogP contribution in [-0.4, -0.2) is 36.7 Å². The molecule has 1 unspecified atom stereocenters. The van der Waals surface area contributed by atoms with Crippen LogP contribution >= 0.6 is 22.9 Å². The van der Waals surface area contributed by atoms with Gasteiger partial charge in [0.1, 0.15) is 5.71 Å². The van der Waals surface area contributed by atoms with Gasteiger partial charge in [-0.1, -0.05) is 23.7 Å². The maximum atomic E-state index is 11.9. The van der Waals surface area contributed by atoms with Crippen molar-refractivity contribution in [1.82, 2.24) is 10.6 Å². The van der Waals surface area contributed by atoms with Crippen molar-refractivity contribution in [3.05, 3.63) is 21.3 Å². The molecule has 1 aromatic heterocycles. The molecule has 0 spiro atoms. The number of oxime groups is 1. The molecule has 1 aliphatic rings. The molecule has 2 heterocycles. The Morgan fingerprint density at radius 3 is 2.95 bits per heavy atom. The molecule has 2 N–H and O–H groups in total. The van der Waals surface area contributed by atoms with E-state index in [0.29, 0.717) is 23.0 Å². The number of hydrogen-bond acceptors (Lipinski definition) is 5. The van der Waals surface area contributed by atoms with Crippen molar-refractivity contribution < 1.29 is 14.4 Å². The molecular formula is C13H16ClN3O3S. The van der Waals surface area contributed by atoms with Gasteiger partial charge in [-0.25, -0.2) is 0 Å². The lowest BCUT2D eigenvalue weighted by Gasteiger charge is -2.09. The maximum Gasteiger partial charge on any atom is 0.264 e. The van der Waals surface area contributed by atoms with E-state index in [4.69, 9.17) is 16.4 Å². The number of nitrogens with one attached hydrogen (secondary N) is 2. The van der Waals surface area contributed by atoms with Gasteiger partial charge in [0, 0.05) is 13.0 Å². The fourth-order valence-corrected chi connectivity index (χ4v) is 2.77. The fraction of sp³-hybridized carbons (Fsp3) is 0.462. The Labute approximate surface area is 131 Å². The van der Waals surface area contributed by atoms with Crippen LogP contribution in [0.3, 0.4) is 0 Å². The van der Waals surface area contributed by atoms with E-state index in [-0.39, 0.29) is 18.4 Å². The number of rotatable bonds is 6. The molecule has 0 saturated carbocycles. The van der Waals surface area contributed by atoms with E-state index in [9.17, 15) is 9.59 Å². The molecule has 0 bridgehead atoms. The SMILES string of the molecule is CCCNC(=O)CNC(=O)C1CC(c2ccc(Cl)s2)=NO1. The van der Waals surface area contributed by atoms with E-state index < -0.39 is 6.10 Å². The van der Waals surface area contributed by atoms with E-state index >= 15 is 0 Å². The van der Waals surface area contributed by atoms with E-state index in [0.717, 1.165) is 11.3 Å². The van der Waals surface area contributed by atoms with Crippen molar-refractivity contribution in [2.45, 2.75) is 25.9 Å². The summed E-state index contributed by atoms with van der Waals surface area (Å²) >= 11 is 7.25. The highest BCUT2D eigenvalue weighted by Crippen LogP contribution is 2.26. The Balaban J connectivity index is 1.77. The number of halogens is 1. The van der Waals surface area contributed by atoms with Crippen LogP contribution in [0, 0.1) is 0 Å². The minimum atomic E-state index is -0.695. The van der Waals surface area contributed by atoms with Gasteiger partial charge in [0.25, 0.3) is 5.91 Å². The molecule has 8 heteroatoms. The molecule has 0 aromatic carbocycles. The minimum absolute atomic E-state index is 0.0567. The van der Waals surface area contributed by atoms with Crippen LogP contribution in [-0.2, 0) is 14.4 Å². The van der Waals surface area contributed by atoms with Crippen molar-refractivity contribution in [1.29, 1.82) is 0 Å². The van der Waals surface area contributed by atoms with E-state index in [1.807, 2.05) is 13.0 Å². The molecule has 114 valence electrons. The molecular weight excluding hydrogens is 314 g/mol. The second-order valence-electron chi connectivity index (χ2n) is 4.51. The van der Waals surface area contributed by atoms with Gasteiger partial charge in [0.2, 0.25) is 12.0 Å². The predicted octanol–water partition coefficient (Wildman–Crippen LogP) is 1.54. The van der Waals surface area contributed by atoms with Gasteiger partial charge < -0.3 is 15.5 Å². The molecule has 21 heavy (non-hydrogen) atoms. The summed E-state index contributed by atoms with van der Waals surface area (Å²) in [7, 11) is 0. The summed E-state index contributed by atoms with van der Waals surface area (Å²) in [4.78, 5) is 29.3. The maximum absolute atomic E-state index is 11.9. The normalized spacial score (nSPS) is 17.0. The number of thiophene rings is 1. The predicted molar refractivity (Wildman–Crippen MR) is 81.7 cm³/mol. The minimum Gasteiger partial charge on any atom is -0.382 e. The van der Waals surface area contributed by atoms with Crippen LogP contribution in [0.1, 0.15) is 24.6 Å². The van der Waals surface area contributed by atoms with Crippen LogP contribution in [0.4, 0.5) is 0 Å². The molecule has 6 nitrogen and oxygen atoms in total. The van der Waals surface area contributed by atoms with E-state index in [2.05, 4.69) is 15.8 Å². The van der Waals surface area contributed by atoms with Gasteiger partial charge in [-0.05, 0) is 18.6 Å². The smallest absolute Gasteiger partial charge is 0.264 e. The zero-order valence-electron chi connectivity index (χ0n) is 11.5. The number of carbonyl (C=O) groups excluding carboxylic acids is 2. The molecule has 1 atom stereocenters. The highest BCUT2D eigenvalue weighted by atomic mass is 35.5. The molecule has 1 aliphatic heterocycles. The van der Waals surface area contributed by atoms with Crippen molar-refractivity contribution in [2.75, 3.05) is 13.1 Å². The van der Waals surface area contributed by atoms with Crippen LogP contribution in [0.15, 0.2) is 17.3 Å². The van der Waals surface area contributed by atoms with Crippen molar-refractivity contribution in [3.63, 3.8) is 0 Å². The average Bonchev–Trinajstić information content (AvgIpc) is 3.11. The van der Waals surface area contributed by atoms with Crippen LogP contribution in [0.5, 0.6) is 0 Å². The Kier molecular flexibility index (Phi) is 5.58. The quantitative estimate of drug-likeness (QED) is 0.830. The van der Waals surface area contributed by atoms with Crippen LogP contribution in [0.25, 0.3) is 0 Å². The first kappa shape index (κ1) is 15.8. The zero-order chi connectivity index (χ0) is 15.2. The Morgan fingerprint density at radius 2 is 2.29 bits per heavy atom. The summed E-state index contributed by atoms with van der Waals surface area (Å²) in [5, 5.41) is 9.12. The van der Waals surface area contributed by atoms with E-state index in [1.54, 1.807) is 6.07 Å². The van der Waals surface area contributed by atoms with Crippen LogP contribution in [0.2, 0.25) is 4.34 Å². The first-order valence-electron chi connectivity index (χ1n) is 6.63. The second kappa shape index (κ2) is 7.42. The van der Waals surface area contributed by atoms with Gasteiger partial charge >= 0.3 is 0 Å². The summed E-state index contributed by atoms with van der Waals surface area (Å²) in [5.74, 6) is -0.558. The highest BCUT2D eigenvalue weighted by molar-refractivity contribution is 7.18. The van der Waals surface area contributed by atoms with Crippen molar-refractivity contribution >= 4 is 40.5 Å². The fourth-order valence-electron chi connectivity index (χ4n) is 1.74. The molecule has 1 aromatic rings. The average molecular weight is 330 g/mol. The molecule has 0 aliphatic carbocycles. The first-order chi connectivity index (χ1) is 10.1. The summed E-state index contributed by atoms with van der Waals surface area (Å²) in [5.41, 5.74) is 0.697. The standard InChI is InChI=1S/C13H16ClN3O3S/c1-2-5-15-12(18)7-16-13(19)9-6-8(17-20-9)10-3-4-11(14)21-10/h3-4,9H,2,5-7H2,1H3,(H,15,18)(H,16,19). The van der Waals surface area contributed by atoms with Gasteiger partial charge in [-0.2, -0.15) is 0 Å². The van der Waals surface area contributed by atoms with Gasteiger partial charge in [0.15, 0.2) is 0 Å².